The number of hydrogen-bond donors (Lipinski definition) is 2. The summed E-state index contributed by atoms with van der Waals surface area (Å²) in [6, 6.07) is 11.8. The zero-order valence-electron chi connectivity index (χ0n) is 16.6. The Bertz CT molecular complexity index is 1160. The standard InChI is InChI=1S/C21H21ClN4O3S/c1-3-11-23-20(29)25-18(27)12-30-21-24-16-9-5-4-7-14(16)19(28)26(21)17-10-6-8-15(22)13(17)2/h4-10H,3,11-12H2,1-2H3,(H2,23,25,27,29). The summed E-state index contributed by atoms with van der Waals surface area (Å²) in [7, 11) is 0. The van der Waals surface area contributed by atoms with Crippen LogP contribution in [0.2, 0.25) is 5.02 Å². The number of hydrogen-bond acceptors (Lipinski definition) is 5. The molecule has 0 saturated carbocycles. The van der Waals surface area contributed by atoms with Crippen molar-refractivity contribution < 1.29 is 9.59 Å². The Kier molecular flexibility index (Phi) is 7.12. The molecule has 2 N–H and O–H groups in total. The second kappa shape index (κ2) is 9.77. The molecular formula is C21H21ClN4O3S. The second-order valence-corrected chi connectivity index (χ2v) is 7.88. The molecular weight excluding hydrogens is 424 g/mol. The van der Waals surface area contributed by atoms with E-state index in [-0.39, 0.29) is 11.3 Å². The average Bonchev–Trinajstić information content (AvgIpc) is 2.73. The molecule has 0 aliphatic rings. The van der Waals surface area contributed by atoms with Gasteiger partial charge in [-0.3, -0.25) is 19.5 Å². The van der Waals surface area contributed by atoms with E-state index >= 15 is 0 Å². The fourth-order valence-electron chi connectivity index (χ4n) is 2.84. The summed E-state index contributed by atoms with van der Waals surface area (Å²) in [5.41, 5.74) is 1.59. The highest BCUT2D eigenvalue weighted by Gasteiger charge is 2.17. The Balaban J connectivity index is 1.97. The Hall–Kier alpha value is -2.84. The third-order valence-corrected chi connectivity index (χ3v) is 5.69. The van der Waals surface area contributed by atoms with E-state index in [0.29, 0.717) is 33.3 Å². The van der Waals surface area contributed by atoms with Crippen LogP contribution in [0.5, 0.6) is 0 Å². The maximum absolute atomic E-state index is 13.3. The maximum atomic E-state index is 13.3. The molecule has 7 nitrogen and oxygen atoms in total. The largest absolute Gasteiger partial charge is 0.338 e. The van der Waals surface area contributed by atoms with Gasteiger partial charge in [0.05, 0.1) is 22.3 Å². The van der Waals surface area contributed by atoms with Crippen molar-refractivity contribution in [2.75, 3.05) is 12.3 Å². The molecule has 0 unspecified atom stereocenters. The van der Waals surface area contributed by atoms with Crippen LogP contribution in [0.25, 0.3) is 16.6 Å². The molecule has 3 aromatic rings. The lowest BCUT2D eigenvalue weighted by molar-refractivity contribution is -0.117. The molecule has 1 aromatic heterocycles. The Morgan fingerprint density at radius 2 is 1.93 bits per heavy atom. The van der Waals surface area contributed by atoms with Crippen LogP contribution in [0.1, 0.15) is 18.9 Å². The molecule has 156 valence electrons. The molecule has 3 amide bonds. The van der Waals surface area contributed by atoms with Gasteiger partial charge in [0.15, 0.2) is 5.16 Å². The van der Waals surface area contributed by atoms with Crippen molar-refractivity contribution >= 4 is 46.2 Å². The van der Waals surface area contributed by atoms with Gasteiger partial charge in [-0.05, 0) is 43.2 Å². The van der Waals surface area contributed by atoms with Crippen molar-refractivity contribution in [2.45, 2.75) is 25.4 Å². The summed E-state index contributed by atoms with van der Waals surface area (Å²) < 4.78 is 1.46. The summed E-state index contributed by atoms with van der Waals surface area (Å²) >= 11 is 7.34. The molecule has 9 heteroatoms. The topological polar surface area (TPSA) is 93.1 Å². The van der Waals surface area contributed by atoms with Crippen molar-refractivity contribution in [3.63, 3.8) is 0 Å². The summed E-state index contributed by atoms with van der Waals surface area (Å²) in [6.07, 6.45) is 0.767. The average molecular weight is 445 g/mol. The number of fused-ring (bicyclic) bond motifs is 1. The number of carbonyl (C=O) groups is 2. The summed E-state index contributed by atoms with van der Waals surface area (Å²) in [4.78, 5) is 41.7. The molecule has 30 heavy (non-hydrogen) atoms. The molecule has 0 radical (unpaired) electrons. The number of carbonyl (C=O) groups excluding carboxylic acids is 2. The van der Waals surface area contributed by atoms with Crippen LogP contribution in [0.3, 0.4) is 0 Å². The first-order valence-electron chi connectivity index (χ1n) is 9.40. The van der Waals surface area contributed by atoms with Gasteiger partial charge in [0.1, 0.15) is 0 Å². The quantitative estimate of drug-likeness (QED) is 0.447. The minimum absolute atomic E-state index is 0.0794. The van der Waals surface area contributed by atoms with Gasteiger partial charge in [-0.2, -0.15) is 0 Å². The number of imide groups is 1. The van der Waals surface area contributed by atoms with E-state index in [2.05, 4.69) is 15.6 Å². The molecule has 3 rings (SSSR count). The van der Waals surface area contributed by atoms with E-state index in [1.807, 2.05) is 13.8 Å². The Morgan fingerprint density at radius 3 is 2.70 bits per heavy atom. The van der Waals surface area contributed by atoms with Crippen molar-refractivity contribution in [1.29, 1.82) is 0 Å². The highest BCUT2D eigenvalue weighted by atomic mass is 35.5. The number of para-hydroxylation sites is 1. The van der Waals surface area contributed by atoms with Crippen LogP contribution >= 0.6 is 23.4 Å². The lowest BCUT2D eigenvalue weighted by Gasteiger charge is -2.15. The maximum Gasteiger partial charge on any atom is 0.321 e. The number of aromatic nitrogens is 2. The van der Waals surface area contributed by atoms with Crippen LogP contribution < -0.4 is 16.2 Å². The number of halogens is 1. The zero-order valence-corrected chi connectivity index (χ0v) is 18.1. The molecule has 0 fully saturated rings. The van der Waals surface area contributed by atoms with Crippen molar-refractivity contribution in [1.82, 2.24) is 20.2 Å². The first-order chi connectivity index (χ1) is 14.4. The van der Waals surface area contributed by atoms with Crippen molar-refractivity contribution in [2.24, 2.45) is 0 Å². The van der Waals surface area contributed by atoms with Gasteiger partial charge < -0.3 is 5.32 Å². The second-order valence-electron chi connectivity index (χ2n) is 6.53. The van der Waals surface area contributed by atoms with Gasteiger partial charge in [0.25, 0.3) is 5.56 Å². The van der Waals surface area contributed by atoms with E-state index in [1.165, 1.54) is 4.57 Å². The van der Waals surface area contributed by atoms with Crippen LogP contribution in [0, 0.1) is 6.92 Å². The molecule has 0 saturated heterocycles. The number of rotatable bonds is 6. The van der Waals surface area contributed by atoms with Crippen LogP contribution in [-0.2, 0) is 4.79 Å². The van der Waals surface area contributed by atoms with Gasteiger partial charge in [-0.1, -0.05) is 48.5 Å². The van der Waals surface area contributed by atoms with Gasteiger partial charge in [-0.15, -0.1) is 0 Å². The summed E-state index contributed by atoms with van der Waals surface area (Å²) in [6.45, 7) is 4.21. The minimum Gasteiger partial charge on any atom is -0.338 e. The normalized spacial score (nSPS) is 10.8. The molecule has 1 heterocycles. The highest BCUT2D eigenvalue weighted by molar-refractivity contribution is 7.99. The number of urea groups is 1. The van der Waals surface area contributed by atoms with Crippen LogP contribution in [-0.4, -0.2) is 33.8 Å². The number of thioether (sulfide) groups is 1. The third kappa shape index (κ3) is 4.83. The van der Waals surface area contributed by atoms with Gasteiger partial charge >= 0.3 is 6.03 Å². The molecule has 0 aliphatic heterocycles. The number of benzene rings is 2. The number of nitrogens with zero attached hydrogens (tertiary/aromatic N) is 2. The predicted molar refractivity (Wildman–Crippen MR) is 120 cm³/mol. The molecule has 0 spiro atoms. The highest BCUT2D eigenvalue weighted by Crippen LogP contribution is 2.26. The van der Waals surface area contributed by atoms with E-state index in [4.69, 9.17) is 11.6 Å². The number of nitrogens with one attached hydrogen (secondary N) is 2. The van der Waals surface area contributed by atoms with Crippen LogP contribution in [0.4, 0.5) is 4.79 Å². The van der Waals surface area contributed by atoms with E-state index in [9.17, 15) is 14.4 Å². The lowest BCUT2D eigenvalue weighted by Crippen LogP contribution is -2.40. The molecule has 2 aromatic carbocycles. The smallest absolute Gasteiger partial charge is 0.321 e. The Morgan fingerprint density at radius 1 is 1.17 bits per heavy atom. The van der Waals surface area contributed by atoms with E-state index in [0.717, 1.165) is 23.7 Å². The Labute approximate surface area is 182 Å². The minimum atomic E-state index is -0.544. The van der Waals surface area contributed by atoms with Crippen molar-refractivity contribution in [3.8, 4) is 5.69 Å². The summed E-state index contributed by atoms with van der Waals surface area (Å²) in [5, 5.41) is 6.18. The fraction of sp³-hybridized carbons (Fsp3) is 0.238. The third-order valence-electron chi connectivity index (χ3n) is 4.35. The van der Waals surface area contributed by atoms with Gasteiger partial charge in [-0.25, -0.2) is 9.78 Å². The first-order valence-corrected chi connectivity index (χ1v) is 10.8. The monoisotopic (exact) mass is 444 g/mol. The van der Waals surface area contributed by atoms with Crippen molar-refractivity contribution in [3.05, 3.63) is 63.4 Å². The molecule has 0 bridgehead atoms. The zero-order chi connectivity index (χ0) is 21.7. The first kappa shape index (κ1) is 21.9. The van der Waals surface area contributed by atoms with Gasteiger partial charge in [0, 0.05) is 11.6 Å². The fourth-order valence-corrected chi connectivity index (χ4v) is 3.81. The van der Waals surface area contributed by atoms with E-state index in [1.54, 1.807) is 42.5 Å². The van der Waals surface area contributed by atoms with Gasteiger partial charge in [0.2, 0.25) is 5.91 Å². The lowest BCUT2D eigenvalue weighted by atomic mass is 10.2. The summed E-state index contributed by atoms with van der Waals surface area (Å²) in [5.74, 6) is -0.561. The van der Waals surface area contributed by atoms with E-state index < -0.39 is 11.9 Å². The molecule has 0 aliphatic carbocycles. The SMILES string of the molecule is CCCNC(=O)NC(=O)CSc1nc2ccccc2c(=O)n1-c1cccc(Cl)c1C. The number of amides is 3. The molecule has 0 atom stereocenters. The van der Waals surface area contributed by atoms with Crippen LogP contribution in [0.15, 0.2) is 52.4 Å². The predicted octanol–water partition coefficient (Wildman–Crippen LogP) is 3.68.